The van der Waals surface area contributed by atoms with Crippen molar-refractivity contribution in [3.8, 4) is 5.75 Å². The molecular weight excluding hydrogens is 246 g/mol. The number of methoxy groups -OCH3 is 1. The molecule has 2 nitrogen and oxygen atoms in total. The molecule has 0 saturated heterocycles. The summed E-state index contributed by atoms with van der Waals surface area (Å²) < 4.78 is 5.11. The van der Waals surface area contributed by atoms with E-state index in [4.69, 9.17) is 16.3 Å². The number of benzene rings is 1. The van der Waals surface area contributed by atoms with Crippen molar-refractivity contribution in [1.82, 2.24) is 4.98 Å². The predicted octanol–water partition coefficient (Wildman–Crippen LogP) is 4.00. The van der Waals surface area contributed by atoms with E-state index in [1.807, 2.05) is 36.4 Å². The average Bonchev–Trinajstić information content (AvgIpc) is 2.42. The summed E-state index contributed by atoms with van der Waals surface area (Å²) in [6, 6.07) is 11.8. The Morgan fingerprint density at radius 3 is 2.67 bits per heavy atom. The van der Waals surface area contributed by atoms with Gasteiger partial charge in [-0.3, -0.25) is 0 Å². The van der Waals surface area contributed by atoms with E-state index in [2.05, 4.69) is 17.1 Å². The molecule has 0 spiro atoms. The molecule has 0 unspecified atom stereocenters. The molecule has 0 aliphatic carbocycles. The van der Waals surface area contributed by atoms with Gasteiger partial charge in [-0.05, 0) is 35.7 Å². The Balaban J connectivity index is 2.01. The van der Waals surface area contributed by atoms with Crippen LogP contribution in [-0.2, 0) is 6.42 Å². The molecule has 0 bridgehead atoms. The Bertz CT molecular complexity index is 534. The summed E-state index contributed by atoms with van der Waals surface area (Å²) in [5.41, 5.74) is 2.17. The third-order valence-electron chi connectivity index (χ3n) is 2.60. The minimum atomic E-state index is 0.567. The van der Waals surface area contributed by atoms with Gasteiger partial charge in [0, 0.05) is 6.20 Å². The van der Waals surface area contributed by atoms with Crippen LogP contribution in [-0.4, -0.2) is 12.1 Å². The molecule has 0 aliphatic heterocycles. The highest BCUT2D eigenvalue weighted by Gasteiger charge is 1.96. The number of hydrogen-bond donors (Lipinski definition) is 0. The highest BCUT2D eigenvalue weighted by atomic mass is 35.5. The number of allylic oxidation sites excluding steroid dienone is 1. The van der Waals surface area contributed by atoms with Gasteiger partial charge in [-0.15, -0.1) is 0 Å². The molecule has 3 heteroatoms. The summed E-state index contributed by atoms with van der Waals surface area (Å²) in [4.78, 5) is 4.04. The molecule has 0 saturated carbocycles. The van der Waals surface area contributed by atoms with Crippen LogP contribution in [0, 0.1) is 0 Å². The van der Waals surface area contributed by atoms with E-state index in [0.717, 1.165) is 23.3 Å². The normalized spacial score (nSPS) is 10.8. The third-order valence-corrected chi connectivity index (χ3v) is 2.94. The van der Waals surface area contributed by atoms with Crippen molar-refractivity contribution in [3.05, 3.63) is 65.0 Å². The molecule has 1 heterocycles. The second kappa shape index (κ2) is 6.22. The van der Waals surface area contributed by atoms with Crippen LogP contribution in [0.1, 0.15) is 11.1 Å². The molecule has 92 valence electrons. The minimum Gasteiger partial charge on any atom is -0.497 e. The Morgan fingerprint density at radius 2 is 2.00 bits per heavy atom. The summed E-state index contributed by atoms with van der Waals surface area (Å²) in [5, 5.41) is 0.567. The van der Waals surface area contributed by atoms with Crippen molar-refractivity contribution in [2.45, 2.75) is 6.42 Å². The predicted molar refractivity (Wildman–Crippen MR) is 75.0 cm³/mol. The Labute approximate surface area is 112 Å². The largest absolute Gasteiger partial charge is 0.497 e. The van der Waals surface area contributed by atoms with Crippen molar-refractivity contribution >= 4 is 17.7 Å². The average molecular weight is 260 g/mol. The number of rotatable bonds is 4. The molecule has 1 aromatic carbocycles. The van der Waals surface area contributed by atoms with Gasteiger partial charge in [-0.1, -0.05) is 42.0 Å². The second-order valence-electron chi connectivity index (χ2n) is 3.83. The lowest BCUT2D eigenvalue weighted by atomic mass is 10.1. The zero-order valence-electron chi connectivity index (χ0n) is 10.1. The van der Waals surface area contributed by atoms with Gasteiger partial charge in [0.1, 0.15) is 10.9 Å². The smallest absolute Gasteiger partial charge is 0.132 e. The minimum absolute atomic E-state index is 0.567. The highest BCUT2D eigenvalue weighted by Crippen LogP contribution is 2.15. The molecule has 2 rings (SSSR count). The molecular formula is C15H14ClNO. The van der Waals surface area contributed by atoms with Gasteiger partial charge in [0.2, 0.25) is 0 Å². The number of halogens is 1. The van der Waals surface area contributed by atoms with Gasteiger partial charge in [-0.25, -0.2) is 4.98 Å². The fraction of sp³-hybridized carbons (Fsp3) is 0.133. The first-order chi connectivity index (χ1) is 8.79. The van der Waals surface area contributed by atoms with Crippen LogP contribution in [0.25, 0.3) is 6.08 Å². The van der Waals surface area contributed by atoms with Crippen molar-refractivity contribution < 1.29 is 4.74 Å². The van der Waals surface area contributed by atoms with E-state index in [1.165, 1.54) is 0 Å². The fourth-order valence-corrected chi connectivity index (χ4v) is 1.81. The standard InChI is InChI=1S/C15H14ClNO/c1-18-14-9-7-12(8-10-14)4-2-5-13-6-3-11-17-15(13)16/h2-4,6-11H,5H2,1H3. The molecule has 0 amide bonds. The summed E-state index contributed by atoms with van der Waals surface area (Å²) in [7, 11) is 1.66. The van der Waals surface area contributed by atoms with Crippen LogP contribution in [0.2, 0.25) is 5.15 Å². The molecule has 2 aromatic rings. The number of nitrogens with zero attached hydrogens (tertiary/aromatic N) is 1. The summed E-state index contributed by atoms with van der Waals surface area (Å²) >= 11 is 5.98. The Hall–Kier alpha value is -1.80. The first kappa shape index (κ1) is 12.7. The molecule has 0 fully saturated rings. The van der Waals surface area contributed by atoms with Crippen molar-refractivity contribution in [3.63, 3.8) is 0 Å². The lowest BCUT2D eigenvalue weighted by molar-refractivity contribution is 0.415. The van der Waals surface area contributed by atoms with E-state index in [1.54, 1.807) is 13.3 Å². The molecule has 0 atom stereocenters. The topological polar surface area (TPSA) is 22.1 Å². The van der Waals surface area contributed by atoms with Gasteiger partial charge in [0.15, 0.2) is 0 Å². The van der Waals surface area contributed by atoms with Gasteiger partial charge >= 0.3 is 0 Å². The zero-order valence-corrected chi connectivity index (χ0v) is 10.9. The molecule has 0 radical (unpaired) electrons. The van der Waals surface area contributed by atoms with Crippen LogP contribution in [0.4, 0.5) is 0 Å². The molecule has 18 heavy (non-hydrogen) atoms. The van der Waals surface area contributed by atoms with Gasteiger partial charge in [0.05, 0.1) is 7.11 Å². The SMILES string of the molecule is COc1ccc(C=CCc2cccnc2Cl)cc1. The number of aromatic nitrogens is 1. The van der Waals surface area contributed by atoms with Crippen molar-refractivity contribution in [2.24, 2.45) is 0 Å². The van der Waals surface area contributed by atoms with Crippen LogP contribution < -0.4 is 4.74 Å². The maximum Gasteiger partial charge on any atom is 0.132 e. The molecule has 0 N–H and O–H groups in total. The number of hydrogen-bond acceptors (Lipinski definition) is 2. The van der Waals surface area contributed by atoms with Crippen LogP contribution in [0.15, 0.2) is 48.7 Å². The van der Waals surface area contributed by atoms with E-state index >= 15 is 0 Å². The molecule has 1 aromatic heterocycles. The van der Waals surface area contributed by atoms with Crippen LogP contribution in [0.3, 0.4) is 0 Å². The highest BCUT2D eigenvalue weighted by molar-refractivity contribution is 6.30. The lowest BCUT2D eigenvalue weighted by Gasteiger charge is -2.00. The van der Waals surface area contributed by atoms with Gasteiger partial charge in [0.25, 0.3) is 0 Å². The third kappa shape index (κ3) is 3.34. The summed E-state index contributed by atoms with van der Waals surface area (Å²) in [6.07, 6.45) is 6.60. The van der Waals surface area contributed by atoms with Gasteiger partial charge < -0.3 is 4.74 Å². The first-order valence-electron chi connectivity index (χ1n) is 5.69. The zero-order chi connectivity index (χ0) is 12.8. The first-order valence-corrected chi connectivity index (χ1v) is 6.07. The molecule has 0 aliphatic rings. The number of ether oxygens (including phenoxy) is 1. The van der Waals surface area contributed by atoms with E-state index < -0.39 is 0 Å². The number of pyridine rings is 1. The summed E-state index contributed by atoms with van der Waals surface area (Å²) in [6.45, 7) is 0. The Kier molecular flexibility index (Phi) is 4.37. The van der Waals surface area contributed by atoms with Crippen molar-refractivity contribution in [2.75, 3.05) is 7.11 Å². The maximum atomic E-state index is 5.98. The summed E-state index contributed by atoms with van der Waals surface area (Å²) in [5.74, 6) is 0.863. The fourth-order valence-electron chi connectivity index (χ4n) is 1.61. The van der Waals surface area contributed by atoms with E-state index in [-0.39, 0.29) is 0 Å². The van der Waals surface area contributed by atoms with E-state index in [0.29, 0.717) is 5.15 Å². The van der Waals surface area contributed by atoms with Gasteiger partial charge in [-0.2, -0.15) is 0 Å². The monoisotopic (exact) mass is 259 g/mol. The second-order valence-corrected chi connectivity index (χ2v) is 4.19. The lowest BCUT2D eigenvalue weighted by Crippen LogP contribution is -1.85. The van der Waals surface area contributed by atoms with E-state index in [9.17, 15) is 0 Å². The van der Waals surface area contributed by atoms with Crippen LogP contribution in [0.5, 0.6) is 5.75 Å². The van der Waals surface area contributed by atoms with Crippen molar-refractivity contribution in [1.29, 1.82) is 0 Å². The quantitative estimate of drug-likeness (QED) is 0.775. The Morgan fingerprint density at radius 1 is 1.22 bits per heavy atom. The van der Waals surface area contributed by atoms with Crippen LogP contribution >= 0.6 is 11.6 Å². The maximum absolute atomic E-state index is 5.98.